The van der Waals surface area contributed by atoms with Gasteiger partial charge in [0.1, 0.15) is 0 Å². The van der Waals surface area contributed by atoms with E-state index < -0.39 is 11.4 Å². The van der Waals surface area contributed by atoms with E-state index in [1.807, 2.05) is 26.2 Å². The van der Waals surface area contributed by atoms with Gasteiger partial charge in [0.15, 0.2) is 0 Å². The first-order chi connectivity index (χ1) is 17.9. The minimum Gasteiger partial charge on any atom is -0.459 e. The van der Waals surface area contributed by atoms with Gasteiger partial charge in [-0.05, 0) is 66.3 Å². The molecule has 0 aliphatic heterocycles. The fourth-order valence-corrected chi connectivity index (χ4v) is 4.98. The topological polar surface area (TPSA) is 58.6 Å². The third kappa shape index (κ3) is 6.59. The van der Waals surface area contributed by atoms with Crippen LogP contribution in [0.3, 0.4) is 0 Å². The van der Waals surface area contributed by atoms with Crippen LogP contribution in [0, 0.1) is 17.3 Å². The van der Waals surface area contributed by atoms with E-state index in [0.29, 0.717) is 17.7 Å². The molecule has 3 aromatic carbocycles. The number of hydrogen-bond donors (Lipinski definition) is 1. The zero-order valence-corrected chi connectivity index (χ0v) is 21.8. The van der Waals surface area contributed by atoms with Gasteiger partial charge in [0.2, 0.25) is 5.91 Å². The highest BCUT2D eigenvalue weighted by Crippen LogP contribution is 2.40. The molecule has 190 valence electrons. The highest BCUT2D eigenvalue weighted by atomic mass is 16.5. The van der Waals surface area contributed by atoms with Crippen LogP contribution in [0.4, 0.5) is 11.4 Å². The number of methoxy groups -OCH3 is 1. The summed E-state index contributed by atoms with van der Waals surface area (Å²) in [6.07, 6.45) is 5.71. The Hall–Kier alpha value is -4.04. The molecule has 1 aliphatic rings. The molecule has 3 aromatic rings. The van der Waals surface area contributed by atoms with Crippen LogP contribution in [0.15, 0.2) is 72.8 Å². The van der Waals surface area contributed by atoms with Crippen LogP contribution in [-0.2, 0) is 20.7 Å². The predicted octanol–water partition coefficient (Wildman–Crippen LogP) is 6.08. The molecule has 1 fully saturated rings. The van der Waals surface area contributed by atoms with Crippen LogP contribution >= 0.6 is 0 Å². The maximum absolute atomic E-state index is 13.7. The molecule has 0 bridgehead atoms. The summed E-state index contributed by atoms with van der Waals surface area (Å²) in [5.41, 5.74) is 5.58. The standard InChI is InChI=1S/C32H34N2O3/c1-34(2)29-17-15-27(16-18-29)26-13-10-25(11-14-26)23-32(20-5-4-6-21-32)31(36)33-28-9-7-8-24(22-28)12-19-30(35)37-3/h7-11,13-18,22H,4-6,20-21,23H2,1-3H3,(H,33,36). The van der Waals surface area contributed by atoms with E-state index in [-0.39, 0.29) is 5.91 Å². The van der Waals surface area contributed by atoms with Crippen molar-refractivity contribution in [3.8, 4) is 23.0 Å². The number of carbonyl (C=O) groups is 2. The number of esters is 1. The highest BCUT2D eigenvalue weighted by Gasteiger charge is 2.39. The van der Waals surface area contributed by atoms with Crippen molar-refractivity contribution in [1.82, 2.24) is 0 Å². The van der Waals surface area contributed by atoms with Gasteiger partial charge in [-0.3, -0.25) is 4.79 Å². The number of carbonyl (C=O) groups excluding carboxylic acids is 2. The highest BCUT2D eigenvalue weighted by molar-refractivity contribution is 5.96. The Morgan fingerprint density at radius 2 is 1.57 bits per heavy atom. The monoisotopic (exact) mass is 494 g/mol. The van der Waals surface area contributed by atoms with Crippen LogP contribution in [0.5, 0.6) is 0 Å². The first-order valence-corrected chi connectivity index (χ1v) is 12.8. The zero-order chi connectivity index (χ0) is 26.3. The first-order valence-electron chi connectivity index (χ1n) is 12.8. The van der Waals surface area contributed by atoms with Crippen molar-refractivity contribution in [3.05, 3.63) is 83.9 Å². The smallest absolute Gasteiger partial charge is 0.384 e. The lowest BCUT2D eigenvalue weighted by atomic mass is 9.69. The third-order valence-electron chi connectivity index (χ3n) is 7.12. The van der Waals surface area contributed by atoms with Crippen LogP contribution < -0.4 is 10.2 Å². The number of nitrogens with one attached hydrogen (secondary N) is 1. The van der Waals surface area contributed by atoms with E-state index in [4.69, 9.17) is 0 Å². The van der Waals surface area contributed by atoms with E-state index in [1.54, 1.807) is 12.1 Å². The molecule has 5 heteroatoms. The SMILES string of the molecule is COC(=O)C#Cc1cccc(NC(=O)C2(Cc3ccc(-c4ccc(N(C)C)cc4)cc3)CCCCC2)c1. The second kappa shape index (κ2) is 11.8. The summed E-state index contributed by atoms with van der Waals surface area (Å²) in [4.78, 5) is 27.1. The van der Waals surface area contributed by atoms with Crippen molar-refractivity contribution >= 4 is 23.3 Å². The van der Waals surface area contributed by atoms with Crippen LogP contribution in [0.2, 0.25) is 0 Å². The average Bonchev–Trinajstić information content (AvgIpc) is 2.93. The van der Waals surface area contributed by atoms with Gasteiger partial charge in [-0.25, -0.2) is 4.79 Å². The van der Waals surface area contributed by atoms with E-state index in [9.17, 15) is 9.59 Å². The van der Waals surface area contributed by atoms with Crippen LogP contribution in [-0.4, -0.2) is 33.1 Å². The number of hydrogen-bond acceptors (Lipinski definition) is 4. The molecular weight excluding hydrogens is 460 g/mol. The largest absolute Gasteiger partial charge is 0.459 e. The molecule has 0 radical (unpaired) electrons. The molecule has 0 aromatic heterocycles. The number of ether oxygens (including phenoxy) is 1. The van der Waals surface area contributed by atoms with Gasteiger partial charge in [0.25, 0.3) is 0 Å². The van der Waals surface area contributed by atoms with E-state index in [0.717, 1.165) is 32.1 Å². The quantitative estimate of drug-likeness (QED) is 0.334. The van der Waals surface area contributed by atoms with Crippen molar-refractivity contribution in [3.63, 3.8) is 0 Å². The molecule has 0 unspecified atom stereocenters. The Labute approximate surface area is 219 Å². The summed E-state index contributed by atoms with van der Waals surface area (Å²) in [7, 11) is 5.38. The number of rotatable bonds is 6. The summed E-state index contributed by atoms with van der Waals surface area (Å²) in [6.45, 7) is 0. The molecule has 0 saturated heterocycles. The lowest BCUT2D eigenvalue weighted by Crippen LogP contribution is -2.40. The van der Waals surface area contributed by atoms with Gasteiger partial charge < -0.3 is 15.0 Å². The van der Waals surface area contributed by atoms with Gasteiger partial charge in [-0.2, -0.15) is 0 Å². The molecule has 1 N–H and O–H groups in total. The van der Waals surface area contributed by atoms with E-state index in [1.165, 1.54) is 29.5 Å². The normalized spacial score (nSPS) is 14.1. The van der Waals surface area contributed by atoms with Gasteiger partial charge in [0.05, 0.1) is 12.5 Å². The fourth-order valence-electron chi connectivity index (χ4n) is 4.98. The number of amides is 1. The molecule has 1 aliphatic carbocycles. The summed E-state index contributed by atoms with van der Waals surface area (Å²) in [5, 5.41) is 3.14. The van der Waals surface area contributed by atoms with Crippen molar-refractivity contribution in [2.24, 2.45) is 5.41 Å². The van der Waals surface area contributed by atoms with Gasteiger partial charge >= 0.3 is 5.97 Å². The third-order valence-corrected chi connectivity index (χ3v) is 7.12. The Morgan fingerprint density at radius 1 is 0.919 bits per heavy atom. The maximum atomic E-state index is 13.7. The number of anilines is 2. The molecule has 37 heavy (non-hydrogen) atoms. The van der Waals surface area contributed by atoms with E-state index >= 15 is 0 Å². The molecule has 0 spiro atoms. The average molecular weight is 495 g/mol. The van der Waals surface area contributed by atoms with Crippen molar-refractivity contribution in [1.29, 1.82) is 0 Å². The summed E-state index contributed by atoms with van der Waals surface area (Å²) >= 11 is 0. The fraction of sp³-hybridized carbons (Fsp3) is 0.312. The minimum atomic E-state index is -0.591. The van der Waals surface area contributed by atoms with Crippen molar-refractivity contribution in [2.75, 3.05) is 31.4 Å². The van der Waals surface area contributed by atoms with Gasteiger partial charge in [-0.15, -0.1) is 0 Å². The van der Waals surface area contributed by atoms with Crippen molar-refractivity contribution < 1.29 is 14.3 Å². The predicted molar refractivity (Wildman–Crippen MR) is 149 cm³/mol. The van der Waals surface area contributed by atoms with Crippen molar-refractivity contribution in [2.45, 2.75) is 38.5 Å². The Bertz CT molecular complexity index is 1290. The lowest BCUT2D eigenvalue weighted by Gasteiger charge is -2.36. The van der Waals surface area contributed by atoms with Crippen LogP contribution in [0.25, 0.3) is 11.1 Å². The lowest BCUT2D eigenvalue weighted by molar-refractivity contribution is -0.133. The molecule has 5 nitrogen and oxygen atoms in total. The number of benzene rings is 3. The van der Waals surface area contributed by atoms with Gasteiger partial charge in [0, 0.05) is 37.0 Å². The first kappa shape index (κ1) is 26.0. The Kier molecular flexibility index (Phi) is 8.30. The molecular formula is C32H34N2O3. The minimum absolute atomic E-state index is 0.0497. The molecule has 4 rings (SSSR count). The Balaban J connectivity index is 1.50. The number of nitrogens with zero attached hydrogens (tertiary/aromatic N) is 1. The molecule has 0 atom stereocenters. The summed E-state index contributed by atoms with van der Waals surface area (Å²) in [6, 6.07) is 24.4. The van der Waals surface area contributed by atoms with Crippen LogP contribution in [0.1, 0.15) is 43.2 Å². The second-order valence-corrected chi connectivity index (χ2v) is 9.93. The second-order valence-electron chi connectivity index (χ2n) is 9.93. The van der Waals surface area contributed by atoms with Gasteiger partial charge in [-0.1, -0.05) is 67.6 Å². The molecule has 1 saturated carbocycles. The summed E-state index contributed by atoms with van der Waals surface area (Å²) < 4.78 is 4.58. The summed E-state index contributed by atoms with van der Waals surface area (Å²) in [5.74, 6) is 4.68. The maximum Gasteiger partial charge on any atom is 0.384 e. The zero-order valence-electron chi connectivity index (χ0n) is 21.8. The van der Waals surface area contributed by atoms with E-state index in [2.05, 4.69) is 75.3 Å². The molecule has 0 heterocycles. The molecule has 1 amide bonds. The Morgan fingerprint density at radius 3 is 2.19 bits per heavy atom.